The van der Waals surface area contributed by atoms with Gasteiger partial charge in [0.2, 0.25) is 0 Å². The molecular formula is C25H26FN7. The van der Waals surface area contributed by atoms with Crippen LogP contribution in [0.15, 0.2) is 54.7 Å². The van der Waals surface area contributed by atoms with Crippen molar-refractivity contribution in [2.45, 2.75) is 0 Å². The molecule has 0 radical (unpaired) electrons. The number of halogens is 1. The first-order chi connectivity index (χ1) is 16.1. The molecule has 7 nitrogen and oxygen atoms in total. The first kappa shape index (κ1) is 20.1. The molecule has 0 amide bonds. The van der Waals surface area contributed by atoms with Gasteiger partial charge in [0.05, 0.1) is 5.69 Å². The summed E-state index contributed by atoms with van der Waals surface area (Å²) in [6.07, 6.45) is 1.77. The lowest BCUT2D eigenvalue weighted by Crippen LogP contribution is -2.27. The minimum atomic E-state index is -0.268. The fraction of sp³-hybridized carbons (Fsp3) is 0.320. The molecule has 168 valence electrons. The normalized spacial score (nSPS) is 20.5. The van der Waals surface area contributed by atoms with Gasteiger partial charge in [-0.05, 0) is 67.4 Å². The van der Waals surface area contributed by atoms with Gasteiger partial charge in [0, 0.05) is 50.6 Å². The maximum Gasteiger partial charge on any atom is 0.155 e. The number of fused-ring (bicyclic) bond motifs is 2. The van der Waals surface area contributed by atoms with Crippen molar-refractivity contribution in [3.05, 3.63) is 60.5 Å². The van der Waals surface area contributed by atoms with Crippen molar-refractivity contribution in [3.8, 4) is 22.5 Å². The van der Waals surface area contributed by atoms with E-state index in [4.69, 9.17) is 10.1 Å². The molecule has 3 aromatic heterocycles. The molecule has 8 heteroatoms. The summed E-state index contributed by atoms with van der Waals surface area (Å²) >= 11 is 0. The van der Waals surface area contributed by atoms with Crippen LogP contribution in [0.2, 0.25) is 0 Å². The second kappa shape index (κ2) is 7.81. The molecular weight excluding hydrogens is 417 g/mol. The number of imidazole rings is 1. The minimum absolute atomic E-state index is 0.268. The maximum atomic E-state index is 13.6. The van der Waals surface area contributed by atoms with Gasteiger partial charge in [-0.3, -0.25) is 0 Å². The van der Waals surface area contributed by atoms with Crippen molar-refractivity contribution in [3.63, 3.8) is 0 Å². The number of aromatic nitrogens is 4. The van der Waals surface area contributed by atoms with Gasteiger partial charge in [-0.15, -0.1) is 5.10 Å². The predicted molar refractivity (Wildman–Crippen MR) is 128 cm³/mol. The van der Waals surface area contributed by atoms with E-state index in [1.165, 1.54) is 12.1 Å². The van der Waals surface area contributed by atoms with Gasteiger partial charge < -0.3 is 15.1 Å². The fourth-order valence-corrected chi connectivity index (χ4v) is 5.29. The van der Waals surface area contributed by atoms with Crippen molar-refractivity contribution in [2.24, 2.45) is 11.8 Å². The van der Waals surface area contributed by atoms with Gasteiger partial charge in [-0.2, -0.15) is 0 Å². The second-order valence-corrected chi connectivity index (χ2v) is 9.10. The van der Waals surface area contributed by atoms with E-state index in [0.717, 1.165) is 66.0 Å². The lowest BCUT2D eigenvalue weighted by molar-refractivity contribution is 0.386. The third-order valence-corrected chi connectivity index (χ3v) is 6.86. The third kappa shape index (κ3) is 3.51. The van der Waals surface area contributed by atoms with Crippen LogP contribution in [0.5, 0.6) is 0 Å². The van der Waals surface area contributed by atoms with Gasteiger partial charge in [0.15, 0.2) is 5.65 Å². The molecule has 0 saturated carbocycles. The highest BCUT2D eigenvalue weighted by Crippen LogP contribution is 2.36. The summed E-state index contributed by atoms with van der Waals surface area (Å²) in [6, 6.07) is 14.5. The predicted octanol–water partition coefficient (Wildman–Crippen LogP) is 3.64. The van der Waals surface area contributed by atoms with Crippen LogP contribution in [0.3, 0.4) is 0 Å². The number of nitrogens with zero attached hydrogens (tertiary/aromatic N) is 6. The first-order valence-electron chi connectivity index (χ1n) is 11.3. The average Bonchev–Trinajstić information content (AvgIpc) is 3.50. The summed E-state index contributed by atoms with van der Waals surface area (Å²) < 4.78 is 15.5. The van der Waals surface area contributed by atoms with Crippen LogP contribution in [0.4, 0.5) is 16.0 Å². The highest BCUT2D eigenvalue weighted by molar-refractivity contribution is 5.82. The van der Waals surface area contributed by atoms with Crippen molar-refractivity contribution in [1.82, 2.24) is 24.5 Å². The Hall–Kier alpha value is -3.52. The molecule has 33 heavy (non-hydrogen) atoms. The SMILES string of the molecule is CNc1cc(-c2c(-c3ccc(F)cc3)nc3ccc(N4CC5CN(C)CC5C4)nn23)ccn1. The van der Waals surface area contributed by atoms with Gasteiger partial charge in [0.25, 0.3) is 0 Å². The largest absolute Gasteiger partial charge is 0.373 e. The zero-order chi connectivity index (χ0) is 22.5. The smallest absolute Gasteiger partial charge is 0.155 e. The number of hydrogen-bond donors (Lipinski definition) is 1. The maximum absolute atomic E-state index is 13.6. The van der Waals surface area contributed by atoms with E-state index in [-0.39, 0.29) is 5.82 Å². The monoisotopic (exact) mass is 443 g/mol. The molecule has 2 unspecified atom stereocenters. The van der Waals surface area contributed by atoms with Gasteiger partial charge in [-0.25, -0.2) is 18.9 Å². The average molecular weight is 444 g/mol. The van der Waals surface area contributed by atoms with E-state index in [0.29, 0.717) is 11.8 Å². The highest BCUT2D eigenvalue weighted by atomic mass is 19.1. The summed E-state index contributed by atoms with van der Waals surface area (Å²) in [5, 5.41) is 8.15. The third-order valence-electron chi connectivity index (χ3n) is 6.86. The lowest BCUT2D eigenvalue weighted by Gasteiger charge is -2.20. The van der Waals surface area contributed by atoms with Crippen LogP contribution in [0.25, 0.3) is 28.2 Å². The molecule has 2 fully saturated rings. The second-order valence-electron chi connectivity index (χ2n) is 9.10. The fourth-order valence-electron chi connectivity index (χ4n) is 5.29. The molecule has 2 aliphatic rings. The van der Waals surface area contributed by atoms with Crippen molar-refractivity contribution in [2.75, 3.05) is 50.5 Å². The molecule has 4 aromatic rings. The van der Waals surface area contributed by atoms with E-state index in [1.807, 2.05) is 29.8 Å². The number of pyridine rings is 1. The molecule has 0 bridgehead atoms. The number of nitrogens with one attached hydrogen (secondary N) is 1. The number of likely N-dealkylation sites (tertiary alicyclic amines) is 1. The zero-order valence-corrected chi connectivity index (χ0v) is 18.7. The van der Waals surface area contributed by atoms with E-state index in [1.54, 1.807) is 18.3 Å². The van der Waals surface area contributed by atoms with Gasteiger partial charge in [0.1, 0.15) is 23.1 Å². The molecule has 1 N–H and O–H groups in total. The van der Waals surface area contributed by atoms with Crippen LogP contribution in [0.1, 0.15) is 0 Å². The number of rotatable bonds is 4. The molecule has 5 heterocycles. The number of benzene rings is 1. The van der Waals surface area contributed by atoms with Crippen molar-refractivity contribution < 1.29 is 4.39 Å². The lowest BCUT2D eigenvalue weighted by atomic mass is 10.0. The number of anilines is 2. The Labute approximate surface area is 191 Å². The number of hydrogen-bond acceptors (Lipinski definition) is 6. The summed E-state index contributed by atoms with van der Waals surface area (Å²) in [5.41, 5.74) is 4.20. The van der Waals surface area contributed by atoms with E-state index >= 15 is 0 Å². The summed E-state index contributed by atoms with van der Waals surface area (Å²) in [5.74, 6) is 2.86. The Morgan fingerprint density at radius 3 is 2.42 bits per heavy atom. The Kier molecular flexibility index (Phi) is 4.76. The Bertz CT molecular complexity index is 1300. The highest BCUT2D eigenvalue weighted by Gasteiger charge is 2.39. The molecule has 2 atom stereocenters. The Morgan fingerprint density at radius 2 is 1.70 bits per heavy atom. The van der Waals surface area contributed by atoms with E-state index in [2.05, 4.69) is 33.2 Å². The van der Waals surface area contributed by atoms with Crippen molar-refractivity contribution >= 4 is 17.3 Å². The zero-order valence-electron chi connectivity index (χ0n) is 18.7. The standard InChI is InChI=1S/C25H26FN7/c1-27-21-11-17(9-10-28-21)25-24(16-3-5-20(26)6-4-16)29-22-7-8-23(30-33(22)25)32-14-18-12-31(2)13-19(18)15-32/h3-11,18-19H,12-15H2,1-2H3,(H,27,28). The van der Waals surface area contributed by atoms with Crippen molar-refractivity contribution in [1.29, 1.82) is 0 Å². The molecule has 1 aromatic carbocycles. The quantitative estimate of drug-likeness (QED) is 0.520. The molecule has 2 saturated heterocycles. The summed E-state index contributed by atoms with van der Waals surface area (Å²) in [4.78, 5) is 14.1. The van der Waals surface area contributed by atoms with Crippen LogP contribution in [-0.4, -0.2) is 64.8 Å². The van der Waals surface area contributed by atoms with E-state index in [9.17, 15) is 4.39 Å². The van der Waals surface area contributed by atoms with E-state index < -0.39 is 0 Å². The topological polar surface area (TPSA) is 61.6 Å². The minimum Gasteiger partial charge on any atom is -0.373 e. The van der Waals surface area contributed by atoms with Gasteiger partial charge in [-0.1, -0.05) is 0 Å². The van der Waals surface area contributed by atoms with Crippen LogP contribution >= 0.6 is 0 Å². The first-order valence-corrected chi connectivity index (χ1v) is 11.3. The van der Waals surface area contributed by atoms with Crippen LogP contribution in [-0.2, 0) is 0 Å². The Morgan fingerprint density at radius 1 is 0.939 bits per heavy atom. The summed E-state index contributed by atoms with van der Waals surface area (Å²) in [7, 11) is 4.05. The van der Waals surface area contributed by atoms with Gasteiger partial charge >= 0.3 is 0 Å². The molecule has 6 rings (SSSR count). The molecule has 0 aliphatic carbocycles. The molecule has 0 spiro atoms. The van der Waals surface area contributed by atoms with Crippen LogP contribution in [0, 0.1) is 17.7 Å². The Balaban J connectivity index is 1.48. The van der Waals surface area contributed by atoms with Crippen LogP contribution < -0.4 is 10.2 Å². The molecule has 2 aliphatic heterocycles. The summed E-state index contributed by atoms with van der Waals surface area (Å²) in [6.45, 7) is 4.36.